The molecule has 1 aromatic carbocycles. The molecule has 1 N–H and O–H groups in total. The van der Waals surface area contributed by atoms with E-state index in [-0.39, 0.29) is 17.2 Å². The molecule has 0 saturated carbocycles. The Bertz CT molecular complexity index is 901. The van der Waals surface area contributed by atoms with Gasteiger partial charge in [0.15, 0.2) is 0 Å². The van der Waals surface area contributed by atoms with Crippen molar-refractivity contribution in [3.05, 3.63) is 40.6 Å². The van der Waals surface area contributed by atoms with E-state index in [2.05, 4.69) is 10.2 Å². The Balaban J connectivity index is 1.92. The predicted molar refractivity (Wildman–Crippen MR) is 115 cm³/mol. The van der Waals surface area contributed by atoms with E-state index >= 15 is 0 Å². The van der Waals surface area contributed by atoms with Gasteiger partial charge in [-0.05, 0) is 53.4 Å². The van der Waals surface area contributed by atoms with Crippen LogP contribution in [0.25, 0.3) is 0 Å². The van der Waals surface area contributed by atoms with Gasteiger partial charge in [0.2, 0.25) is 15.9 Å². The van der Waals surface area contributed by atoms with Crippen molar-refractivity contribution in [2.75, 3.05) is 36.4 Å². The minimum Gasteiger partial charge on any atom is -0.370 e. The van der Waals surface area contributed by atoms with E-state index < -0.39 is 10.0 Å². The third-order valence-electron chi connectivity index (χ3n) is 4.98. The first kappa shape index (κ1) is 20.8. The fraction of sp³-hybridized carbons (Fsp3) is 0.450. The van der Waals surface area contributed by atoms with Crippen LogP contribution in [0.15, 0.2) is 39.9 Å². The normalized spacial score (nSPS) is 14.6. The van der Waals surface area contributed by atoms with Gasteiger partial charge in [0, 0.05) is 26.2 Å². The first-order valence-corrected chi connectivity index (χ1v) is 12.0. The van der Waals surface area contributed by atoms with E-state index in [0.717, 1.165) is 37.2 Å². The summed E-state index contributed by atoms with van der Waals surface area (Å²) in [5, 5.41) is 6.84. The Kier molecular flexibility index (Phi) is 6.74. The van der Waals surface area contributed by atoms with Gasteiger partial charge in [-0.2, -0.15) is 15.6 Å². The molecule has 28 heavy (non-hydrogen) atoms. The highest BCUT2D eigenvalue weighted by atomic mass is 32.2. The molecule has 0 radical (unpaired) electrons. The second-order valence-electron chi connectivity index (χ2n) is 6.82. The molecule has 152 valence electrons. The highest BCUT2D eigenvalue weighted by Crippen LogP contribution is 2.32. The molecular weight excluding hydrogens is 394 g/mol. The second-order valence-corrected chi connectivity index (χ2v) is 9.54. The smallest absolute Gasteiger partial charge is 0.243 e. The van der Waals surface area contributed by atoms with Crippen molar-refractivity contribution in [3.8, 4) is 0 Å². The van der Waals surface area contributed by atoms with Gasteiger partial charge in [0.05, 0.1) is 22.7 Å². The Morgan fingerprint density at radius 2 is 1.89 bits per heavy atom. The topological polar surface area (TPSA) is 69.7 Å². The summed E-state index contributed by atoms with van der Waals surface area (Å²) < 4.78 is 27.3. The number of amides is 1. The van der Waals surface area contributed by atoms with Crippen molar-refractivity contribution < 1.29 is 13.2 Å². The van der Waals surface area contributed by atoms with Gasteiger partial charge >= 0.3 is 0 Å². The quantitative estimate of drug-likeness (QED) is 0.708. The number of sulfonamides is 1. The van der Waals surface area contributed by atoms with Crippen LogP contribution in [0, 0.1) is 0 Å². The number of anilines is 2. The number of carbonyl (C=O) groups excluding carboxylic acids is 1. The zero-order valence-corrected chi connectivity index (χ0v) is 18.0. The molecule has 1 fully saturated rings. The van der Waals surface area contributed by atoms with Crippen LogP contribution in [0.2, 0.25) is 0 Å². The molecule has 1 aromatic heterocycles. The standard InChI is InChI=1S/C20H27N3O3S2/c1-3-23(4-2)28(25,26)17-7-8-19(22-10-5-6-11-22)18(14-17)21-20(24)13-16-9-12-27-15-16/h7-9,12,14-15H,3-6,10-11,13H2,1-2H3,(H,21,24). The summed E-state index contributed by atoms with van der Waals surface area (Å²) in [5.74, 6) is -0.142. The third kappa shape index (κ3) is 4.56. The van der Waals surface area contributed by atoms with Crippen LogP contribution in [0.3, 0.4) is 0 Å². The highest BCUT2D eigenvalue weighted by molar-refractivity contribution is 7.89. The summed E-state index contributed by atoms with van der Waals surface area (Å²) in [6, 6.07) is 7.00. The van der Waals surface area contributed by atoms with Crippen molar-refractivity contribution in [1.29, 1.82) is 0 Å². The predicted octanol–water partition coefficient (Wildman–Crippen LogP) is 3.56. The molecule has 8 heteroatoms. The highest BCUT2D eigenvalue weighted by Gasteiger charge is 2.25. The first-order chi connectivity index (χ1) is 13.5. The number of nitrogens with zero attached hydrogens (tertiary/aromatic N) is 2. The largest absolute Gasteiger partial charge is 0.370 e. The van der Waals surface area contributed by atoms with Crippen molar-refractivity contribution in [2.24, 2.45) is 0 Å². The monoisotopic (exact) mass is 421 g/mol. The number of thiophene rings is 1. The van der Waals surface area contributed by atoms with Gasteiger partial charge in [-0.3, -0.25) is 4.79 Å². The van der Waals surface area contributed by atoms with Crippen LogP contribution in [0.4, 0.5) is 11.4 Å². The summed E-state index contributed by atoms with van der Waals surface area (Å²) in [4.78, 5) is 15.0. The molecule has 0 aliphatic carbocycles. The van der Waals surface area contributed by atoms with Crippen molar-refractivity contribution in [1.82, 2.24) is 4.31 Å². The van der Waals surface area contributed by atoms with E-state index in [4.69, 9.17) is 0 Å². The first-order valence-electron chi connectivity index (χ1n) is 9.65. The number of rotatable bonds is 8. The van der Waals surface area contributed by atoms with Crippen LogP contribution >= 0.6 is 11.3 Å². The minimum atomic E-state index is -3.58. The molecule has 0 bridgehead atoms. The Hall–Kier alpha value is -1.90. The van der Waals surface area contributed by atoms with Crippen LogP contribution in [-0.4, -0.2) is 44.8 Å². The molecular formula is C20H27N3O3S2. The number of carbonyl (C=O) groups is 1. The van der Waals surface area contributed by atoms with E-state index in [1.54, 1.807) is 23.5 Å². The fourth-order valence-corrected chi connectivity index (χ4v) is 5.65. The van der Waals surface area contributed by atoms with E-state index in [0.29, 0.717) is 18.8 Å². The van der Waals surface area contributed by atoms with Gasteiger partial charge in [0.1, 0.15) is 0 Å². The SMILES string of the molecule is CCN(CC)S(=O)(=O)c1ccc(N2CCCC2)c(NC(=O)Cc2ccsc2)c1. The van der Waals surface area contributed by atoms with Gasteiger partial charge in [-0.1, -0.05) is 13.8 Å². The molecule has 1 saturated heterocycles. The summed E-state index contributed by atoms with van der Waals surface area (Å²) >= 11 is 1.55. The lowest BCUT2D eigenvalue weighted by Crippen LogP contribution is -2.31. The van der Waals surface area contributed by atoms with Crippen molar-refractivity contribution in [2.45, 2.75) is 38.0 Å². The third-order valence-corrected chi connectivity index (χ3v) is 7.75. The summed E-state index contributed by atoms with van der Waals surface area (Å²) in [7, 11) is -3.58. The van der Waals surface area contributed by atoms with Crippen LogP contribution in [0.1, 0.15) is 32.3 Å². The molecule has 1 aliphatic rings. The molecule has 2 heterocycles. The van der Waals surface area contributed by atoms with Gasteiger partial charge in [-0.25, -0.2) is 8.42 Å². The molecule has 1 amide bonds. The van der Waals surface area contributed by atoms with Crippen molar-refractivity contribution >= 4 is 38.6 Å². The number of hydrogen-bond acceptors (Lipinski definition) is 5. The Morgan fingerprint density at radius 3 is 2.50 bits per heavy atom. The number of benzene rings is 1. The lowest BCUT2D eigenvalue weighted by atomic mass is 10.2. The van der Waals surface area contributed by atoms with Crippen LogP contribution in [0.5, 0.6) is 0 Å². The summed E-state index contributed by atoms with van der Waals surface area (Å²) in [6.45, 7) is 6.29. The lowest BCUT2D eigenvalue weighted by molar-refractivity contribution is -0.115. The maximum atomic E-state index is 12.9. The average Bonchev–Trinajstić information content (AvgIpc) is 3.36. The molecule has 1 aliphatic heterocycles. The zero-order chi connectivity index (χ0) is 20.1. The molecule has 3 rings (SSSR count). The maximum Gasteiger partial charge on any atom is 0.243 e. The number of nitrogens with one attached hydrogen (secondary N) is 1. The molecule has 2 aromatic rings. The maximum absolute atomic E-state index is 12.9. The zero-order valence-electron chi connectivity index (χ0n) is 16.3. The summed E-state index contributed by atoms with van der Waals surface area (Å²) in [6.07, 6.45) is 2.47. The number of hydrogen-bond donors (Lipinski definition) is 1. The van der Waals surface area contributed by atoms with E-state index in [1.807, 2.05) is 36.7 Å². The Morgan fingerprint density at radius 1 is 1.18 bits per heavy atom. The average molecular weight is 422 g/mol. The van der Waals surface area contributed by atoms with Gasteiger partial charge in [0.25, 0.3) is 0 Å². The minimum absolute atomic E-state index is 0.142. The Labute approximate surface area is 171 Å². The second kappa shape index (κ2) is 9.07. The fourth-order valence-electron chi connectivity index (χ4n) is 3.50. The van der Waals surface area contributed by atoms with Crippen molar-refractivity contribution in [3.63, 3.8) is 0 Å². The lowest BCUT2D eigenvalue weighted by Gasteiger charge is -2.24. The van der Waals surface area contributed by atoms with Crippen LogP contribution < -0.4 is 10.2 Å². The van der Waals surface area contributed by atoms with Gasteiger partial charge in [-0.15, -0.1) is 0 Å². The molecule has 6 nitrogen and oxygen atoms in total. The molecule has 0 atom stereocenters. The van der Waals surface area contributed by atoms with Gasteiger partial charge < -0.3 is 10.2 Å². The van der Waals surface area contributed by atoms with E-state index in [1.165, 1.54) is 4.31 Å². The summed E-state index contributed by atoms with van der Waals surface area (Å²) in [5.41, 5.74) is 2.40. The molecule has 0 spiro atoms. The van der Waals surface area contributed by atoms with E-state index in [9.17, 15) is 13.2 Å². The molecule has 0 unspecified atom stereocenters. The van der Waals surface area contributed by atoms with Crippen LogP contribution in [-0.2, 0) is 21.2 Å².